The van der Waals surface area contributed by atoms with E-state index in [4.69, 9.17) is 21.1 Å². The number of ether oxygens (including phenoxy) is 2. The molecule has 1 heterocycles. The lowest BCUT2D eigenvalue weighted by Gasteiger charge is -2.22. The number of hydrogen-bond donors (Lipinski definition) is 2. The summed E-state index contributed by atoms with van der Waals surface area (Å²) in [6, 6.07) is 21.9. The number of anilines is 1. The molecule has 212 valence electrons. The van der Waals surface area contributed by atoms with Gasteiger partial charge in [-0.05, 0) is 66.9 Å². The summed E-state index contributed by atoms with van der Waals surface area (Å²) in [4.78, 5) is 37.3. The van der Waals surface area contributed by atoms with Gasteiger partial charge in [0.25, 0.3) is 5.56 Å². The van der Waals surface area contributed by atoms with Crippen LogP contribution in [-0.2, 0) is 11.2 Å². The lowest BCUT2D eigenvalue weighted by Crippen LogP contribution is -2.33. The van der Waals surface area contributed by atoms with E-state index in [1.54, 1.807) is 37.4 Å². The van der Waals surface area contributed by atoms with E-state index in [9.17, 15) is 19.5 Å². The van der Waals surface area contributed by atoms with Gasteiger partial charge in [0, 0.05) is 36.0 Å². The molecule has 41 heavy (non-hydrogen) atoms. The number of aromatic carboxylic acids is 1. The molecule has 0 unspecified atom stereocenters. The first kappa shape index (κ1) is 29.5. The number of methoxy groups -OCH3 is 1. The van der Waals surface area contributed by atoms with Crippen LogP contribution < -0.4 is 15.6 Å². The molecule has 10 heteroatoms. The number of nitrogens with one attached hydrogen (secondary N) is 1. The van der Waals surface area contributed by atoms with E-state index in [-0.39, 0.29) is 30.4 Å². The summed E-state index contributed by atoms with van der Waals surface area (Å²) in [7, 11) is 1.55. The average molecular weight is 576 g/mol. The lowest BCUT2D eigenvalue weighted by atomic mass is 9.98. The summed E-state index contributed by atoms with van der Waals surface area (Å²) in [5.74, 6) is -1.04. The quantitative estimate of drug-likeness (QED) is 0.161. The van der Waals surface area contributed by atoms with Crippen molar-refractivity contribution < 1.29 is 24.2 Å². The van der Waals surface area contributed by atoms with Crippen LogP contribution in [-0.4, -0.2) is 53.5 Å². The van der Waals surface area contributed by atoms with Crippen LogP contribution in [0.5, 0.6) is 5.88 Å². The van der Waals surface area contributed by atoms with Gasteiger partial charge in [-0.2, -0.15) is 0 Å². The van der Waals surface area contributed by atoms with Crippen molar-refractivity contribution in [3.63, 3.8) is 0 Å². The van der Waals surface area contributed by atoms with Crippen molar-refractivity contribution >= 4 is 29.0 Å². The third kappa shape index (κ3) is 7.59. The first-order valence-corrected chi connectivity index (χ1v) is 13.3. The highest BCUT2D eigenvalue weighted by Gasteiger charge is 2.22. The molecule has 0 aliphatic carbocycles. The summed E-state index contributed by atoms with van der Waals surface area (Å²) in [6.07, 6.45) is 0.473. The normalized spacial score (nSPS) is 11.6. The van der Waals surface area contributed by atoms with Crippen LogP contribution in [0.15, 0.2) is 83.7 Å². The molecule has 0 saturated heterocycles. The number of aromatic nitrogens is 2. The van der Waals surface area contributed by atoms with Crippen molar-refractivity contribution in [2.45, 2.75) is 19.4 Å². The molecule has 0 amide bonds. The standard InChI is InChI=1S/C31H30ClN3O6/c1-20(36)26-13-10-23(32)17-27(26)28-18-29(37)35(34-30(28)41-15-14-40-2)25(16-21-6-4-3-5-7-21)19-33-24-11-8-22(9-12-24)31(38)39/h3-13,17-18,25,33H,14-16,19H2,1-2H3,(H,38,39)/t25-/m0/s1. The molecular weight excluding hydrogens is 546 g/mol. The highest BCUT2D eigenvalue weighted by molar-refractivity contribution is 6.31. The van der Waals surface area contributed by atoms with Crippen molar-refractivity contribution in [1.82, 2.24) is 9.78 Å². The van der Waals surface area contributed by atoms with Gasteiger partial charge in [0.2, 0.25) is 5.88 Å². The first-order chi connectivity index (χ1) is 19.8. The molecule has 9 nitrogen and oxygen atoms in total. The Hall–Kier alpha value is -4.47. The Bertz CT molecular complexity index is 1570. The predicted molar refractivity (Wildman–Crippen MR) is 157 cm³/mol. The van der Waals surface area contributed by atoms with Gasteiger partial charge in [-0.25, -0.2) is 9.48 Å². The van der Waals surface area contributed by atoms with Crippen molar-refractivity contribution in [1.29, 1.82) is 0 Å². The molecule has 0 aliphatic heterocycles. The predicted octanol–water partition coefficient (Wildman–Crippen LogP) is 5.39. The second-order valence-corrected chi connectivity index (χ2v) is 9.78. The minimum absolute atomic E-state index is 0.162. The highest BCUT2D eigenvalue weighted by Crippen LogP contribution is 2.33. The second kappa shape index (κ2) is 13.7. The van der Waals surface area contributed by atoms with Gasteiger partial charge < -0.3 is 19.9 Å². The van der Waals surface area contributed by atoms with Crippen molar-refractivity contribution in [3.8, 4) is 17.0 Å². The molecule has 0 radical (unpaired) electrons. The van der Waals surface area contributed by atoms with Crippen LogP contribution in [0, 0.1) is 0 Å². The third-order valence-electron chi connectivity index (χ3n) is 6.43. The monoisotopic (exact) mass is 575 g/mol. The van der Waals surface area contributed by atoms with Gasteiger partial charge in [-0.3, -0.25) is 9.59 Å². The van der Waals surface area contributed by atoms with Crippen LogP contribution in [0.25, 0.3) is 11.1 Å². The minimum Gasteiger partial charge on any atom is -0.478 e. The molecule has 0 fully saturated rings. The van der Waals surface area contributed by atoms with E-state index in [1.165, 1.54) is 29.8 Å². The molecule has 4 rings (SSSR count). The first-order valence-electron chi connectivity index (χ1n) is 12.9. The van der Waals surface area contributed by atoms with Crippen molar-refractivity contribution in [3.05, 3.63) is 111 Å². The number of carboxylic acids is 1. The van der Waals surface area contributed by atoms with Gasteiger partial charge in [-0.1, -0.05) is 41.9 Å². The maximum atomic E-state index is 13.6. The number of carbonyl (C=O) groups excluding carboxylic acids is 1. The summed E-state index contributed by atoms with van der Waals surface area (Å²) in [6.45, 7) is 2.21. The number of benzene rings is 3. The van der Waals surface area contributed by atoms with E-state index < -0.39 is 17.6 Å². The Kier molecular flexibility index (Phi) is 9.89. The largest absolute Gasteiger partial charge is 0.478 e. The lowest BCUT2D eigenvalue weighted by molar-refractivity contribution is 0.0696. The number of hydrogen-bond acceptors (Lipinski definition) is 7. The summed E-state index contributed by atoms with van der Waals surface area (Å²) in [5, 5.41) is 17.5. The van der Waals surface area contributed by atoms with Crippen LogP contribution in [0.3, 0.4) is 0 Å². The Balaban J connectivity index is 1.77. The van der Waals surface area contributed by atoms with Gasteiger partial charge >= 0.3 is 5.97 Å². The Labute approximate surface area is 242 Å². The number of carbonyl (C=O) groups is 2. The van der Waals surface area contributed by atoms with Gasteiger partial charge in [0.1, 0.15) is 6.61 Å². The number of Topliss-reactive ketones (excluding diaryl/α,β-unsaturated/α-hetero) is 1. The molecular formula is C31H30ClN3O6. The Morgan fingerprint density at radius 1 is 1.00 bits per heavy atom. The molecule has 0 saturated carbocycles. The Morgan fingerprint density at radius 2 is 1.73 bits per heavy atom. The van der Waals surface area contributed by atoms with Gasteiger partial charge in [-0.15, -0.1) is 5.10 Å². The fourth-order valence-corrected chi connectivity index (χ4v) is 4.55. The van der Waals surface area contributed by atoms with Crippen molar-refractivity contribution in [2.75, 3.05) is 32.2 Å². The van der Waals surface area contributed by atoms with E-state index in [0.717, 1.165) is 5.56 Å². The zero-order valence-electron chi connectivity index (χ0n) is 22.7. The topological polar surface area (TPSA) is 120 Å². The molecule has 2 N–H and O–H groups in total. The zero-order valence-corrected chi connectivity index (χ0v) is 23.4. The fraction of sp³-hybridized carbons (Fsp3) is 0.226. The van der Waals surface area contributed by atoms with Gasteiger partial charge in [0.15, 0.2) is 5.78 Å². The molecule has 3 aromatic carbocycles. The molecule has 1 atom stereocenters. The maximum Gasteiger partial charge on any atom is 0.335 e. The summed E-state index contributed by atoms with van der Waals surface area (Å²) < 4.78 is 12.5. The molecule has 4 aromatic rings. The van der Waals surface area contributed by atoms with Crippen LogP contribution in [0.1, 0.15) is 39.2 Å². The number of carboxylic acid groups (broad SMARTS) is 1. The zero-order chi connectivity index (χ0) is 29.4. The number of halogens is 1. The van der Waals surface area contributed by atoms with Crippen LogP contribution in [0.2, 0.25) is 5.02 Å². The Morgan fingerprint density at radius 3 is 2.39 bits per heavy atom. The van der Waals surface area contributed by atoms with E-state index in [1.807, 2.05) is 30.3 Å². The molecule has 0 spiro atoms. The fourth-order valence-electron chi connectivity index (χ4n) is 4.38. The SMILES string of the molecule is COCCOc1nn([C@H](CNc2ccc(C(=O)O)cc2)Cc2ccccc2)c(=O)cc1-c1cc(Cl)ccc1C(C)=O. The highest BCUT2D eigenvalue weighted by atomic mass is 35.5. The van der Waals surface area contributed by atoms with Crippen LogP contribution in [0.4, 0.5) is 5.69 Å². The summed E-state index contributed by atoms with van der Waals surface area (Å²) in [5.41, 5.74) is 2.66. The van der Waals surface area contributed by atoms with Crippen LogP contribution >= 0.6 is 11.6 Å². The number of rotatable bonds is 13. The molecule has 0 bridgehead atoms. The molecule has 1 aromatic heterocycles. The number of nitrogens with zero attached hydrogens (tertiary/aromatic N) is 2. The van der Waals surface area contributed by atoms with E-state index >= 15 is 0 Å². The van der Waals surface area contributed by atoms with E-state index in [0.29, 0.717) is 40.4 Å². The van der Waals surface area contributed by atoms with E-state index in [2.05, 4.69) is 10.4 Å². The minimum atomic E-state index is -1.01. The number of ketones is 1. The average Bonchev–Trinajstić information content (AvgIpc) is 2.96. The molecule has 0 aliphatic rings. The maximum absolute atomic E-state index is 13.6. The third-order valence-corrected chi connectivity index (χ3v) is 6.67. The summed E-state index contributed by atoms with van der Waals surface area (Å²) >= 11 is 6.27. The smallest absolute Gasteiger partial charge is 0.335 e. The second-order valence-electron chi connectivity index (χ2n) is 9.34. The van der Waals surface area contributed by atoms with Crippen molar-refractivity contribution in [2.24, 2.45) is 0 Å². The van der Waals surface area contributed by atoms with Gasteiger partial charge in [0.05, 0.1) is 23.8 Å².